The van der Waals surface area contributed by atoms with Crippen LogP contribution in [0.1, 0.15) is 22.2 Å². The van der Waals surface area contributed by atoms with Gasteiger partial charge in [0, 0.05) is 12.3 Å². The number of nitrogens with one attached hydrogen (secondary N) is 1. The normalized spacial score (nSPS) is 13.9. The first-order valence-corrected chi connectivity index (χ1v) is 6.61. The van der Waals surface area contributed by atoms with Crippen molar-refractivity contribution in [3.8, 4) is 0 Å². The van der Waals surface area contributed by atoms with Crippen LogP contribution < -0.4 is 5.32 Å². The van der Waals surface area contributed by atoms with Gasteiger partial charge in [-0.15, -0.1) is 23.7 Å². The zero-order valence-corrected chi connectivity index (χ0v) is 11.3. The van der Waals surface area contributed by atoms with Crippen molar-refractivity contribution >= 4 is 46.5 Å². The molecule has 2 heterocycles. The van der Waals surface area contributed by atoms with Crippen molar-refractivity contribution in [2.24, 2.45) is 4.99 Å². The Kier molecular flexibility index (Phi) is 5.31. The molecule has 1 aromatic heterocycles. The predicted octanol–water partition coefficient (Wildman–Crippen LogP) is 2.56. The number of nitrogens with zero attached hydrogens (tertiary/aromatic N) is 1. The molecule has 1 aliphatic heterocycles. The Morgan fingerprint density at radius 1 is 1.69 bits per heavy atom. The minimum Gasteiger partial charge on any atom is -0.363 e. The Labute approximate surface area is 109 Å². The summed E-state index contributed by atoms with van der Waals surface area (Å²) < 4.78 is 0. The average Bonchev–Trinajstić information content (AvgIpc) is 2.86. The molecule has 0 unspecified atom stereocenters. The van der Waals surface area contributed by atoms with E-state index in [-0.39, 0.29) is 18.2 Å². The lowest BCUT2D eigenvalue weighted by Crippen LogP contribution is -2.14. The molecule has 0 aromatic carbocycles. The minimum atomic E-state index is 0. The number of aliphatic imine (C=N–C) groups is 1. The zero-order chi connectivity index (χ0) is 10.7. The maximum Gasteiger partial charge on any atom is 0.169 e. The quantitative estimate of drug-likeness (QED) is 0.863. The van der Waals surface area contributed by atoms with E-state index in [9.17, 15) is 4.79 Å². The second kappa shape index (κ2) is 6.27. The first-order valence-electron chi connectivity index (χ1n) is 4.75. The Morgan fingerprint density at radius 2 is 2.50 bits per heavy atom. The molecule has 6 heteroatoms. The smallest absolute Gasteiger partial charge is 0.169 e. The van der Waals surface area contributed by atoms with Crippen LogP contribution in [0.2, 0.25) is 0 Å². The van der Waals surface area contributed by atoms with Gasteiger partial charge in [0.1, 0.15) is 0 Å². The highest BCUT2D eigenvalue weighted by Crippen LogP contribution is 2.20. The number of ketones is 1. The number of carbonyl (C=O) groups is 1. The van der Waals surface area contributed by atoms with E-state index in [0.717, 1.165) is 28.9 Å². The lowest BCUT2D eigenvalue weighted by Gasteiger charge is -1.99. The molecule has 0 bridgehead atoms. The van der Waals surface area contributed by atoms with Crippen LogP contribution in [0.25, 0.3) is 0 Å². The van der Waals surface area contributed by atoms with E-state index >= 15 is 0 Å². The molecule has 1 aliphatic rings. The Morgan fingerprint density at radius 3 is 3.06 bits per heavy atom. The molecule has 0 aliphatic carbocycles. The van der Waals surface area contributed by atoms with Gasteiger partial charge >= 0.3 is 0 Å². The van der Waals surface area contributed by atoms with Gasteiger partial charge in [0.25, 0.3) is 0 Å². The number of Topliss-reactive ketones (excluding diaryl/α,β-unsaturated/α-hetero) is 1. The maximum absolute atomic E-state index is 11.1. The van der Waals surface area contributed by atoms with E-state index in [4.69, 9.17) is 0 Å². The van der Waals surface area contributed by atoms with Crippen LogP contribution >= 0.6 is 35.5 Å². The molecule has 1 N–H and O–H groups in total. The van der Waals surface area contributed by atoms with Gasteiger partial charge in [-0.25, -0.2) is 0 Å². The average molecular weight is 277 g/mol. The summed E-state index contributed by atoms with van der Waals surface area (Å²) >= 11 is 3.21. The van der Waals surface area contributed by atoms with Crippen LogP contribution in [-0.4, -0.2) is 24.0 Å². The van der Waals surface area contributed by atoms with Crippen molar-refractivity contribution in [3.05, 3.63) is 21.9 Å². The van der Waals surface area contributed by atoms with E-state index in [1.54, 1.807) is 18.7 Å². The van der Waals surface area contributed by atoms with Crippen LogP contribution in [0, 0.1) is 0 Å². The van der Waals surface area contributed by atoms with Gasteiger partial charge in [-0.3, -0.25) is 9.79 Å². The first-order chi connectivity index (χ1) is 7.25. The van der Waals surface area contributed by atoms with Crippen molar-refractivity contribution < 1.29 is 4.79 Å². The topological polar surface area (TPSA) is 41.5 Å². The molecule has 0 spiro atoms. The maximum atomic E-state index is 11.1. The summed E-state index contributed by atoms with van der Waals surface area (Å²) in [5.74, 6) is 1.03. The molecular weight excluding hydrogens is 264 g/mol. The van der Waals surface area contributed by atoms with Gasteiger partial charge in [-0.05, 0) is 23.9 Å². The highest BCUT2D eigenvalue weighted by Gasteiger charge is 2.08. The summed E-state index contributed by atoms with van der Waals surface area (Å²) in [4.78, 5) is 16.2. The number of hydrogen-bond donors (Lipinski definition) is 1. The third-order valence-electron chi connectivity index (χ3n) is 2.02. The van der Waals surface area contributed by atoms with Gasteiger partial charge in [-0.1, -0.05) is 11.8 Å². The van der Waals surface area contributed by atoms with E-state index < -0.39 is 0 Å². The fraction of sp³-hybridized carbons (Fsp3) is 0.400. The number of halogens is 1. The van der Waals surface area contributed by atoms with Gasteiger partial charge in [0.15, 0.2) is 11.0 Å². The van der Waals surface area contributed by atoms with Crippen LogP contribution in [0.3, 0.4) is 0 Å². The van der Waals surface area contributed by atoms with Gasteiger partial charge < -0.3 is 5.32 Å². The zero-order valence-electron chi connectivity index (χ0n) is 8.86. The summed E-state index contributed by atoms with van der Waals surface area (Å²) in [6, 6.07) is 1.97. The molecule has 88 valence electrons. The molecule has 16 heavy (non-hydrogen) atoms. The Bertz CT molecular complexity index is 403. The van der Waals surface area contributed by atoms with E-state index in [0.29, 0.717) is 0 Å². The fourth-order valence-electron chi connectivity index (χ4n) is 1.26. The molecule has 1 aromatic rings. The Hall–Kier alpha value is -0.520. The Balaban J connectivity index is 0.00000128. The van der Waals surface area contributed by atoms with Crippen molar-refractivity contribution in [1.29, 1.82) is 0 Å². The minimum absolute atomic E-state index is 0. The van der Waals surface area contributed by atoms with Crippen LogP contribution in [0.15, 0.2) is 16.4 Å². The molecule has 0 radical (unpaired) electrons. The van der Waals surface area contributed by atoms with Crippen LogP contribution in [0.4, 0.5) is 0 Å². The summed E-state index contributed by atoms with van der Waals surface area (Å²) in [6.07, 6.45) is 0. The van der Waals surface area contributed by atoms with Crippen molar-refractivity contribution in [1.82, 2.24) is 5.32 Å². The van der Waals surface area contributed by atoms with Gasteiger partial charge in [-0.2, -0.15) is 0 Å². The van der Waals surface area contributed by atoms with E-state index in [1.807, 2.05) is 11.4 Å². The summed E-state index contributed by atoms with van der Waals surface area (Å²) in [5.41, 5.74) is 1.20. The van der Waals surface area contributed by atoms with Crippen LogP contribution in [0.5, 0.6) is 0 Å². The molecular formula is C10H13ClN2OS2. The highest BCUT2D eigenvalue weighted by atomic mass is 35.5. The molecule has 3 nitrogen and oxygen atoms in total. The van der Waals surface area contributed by atoms with Crippen molar-refractivity contribution in [2.75, 3.05) is 13.1 Å². The fourth-order valence-corrected chi connectivity index (χ4v) is 3.04. The first kappa shape index (κ1) is 13.5. The number of carbonyl (C=O) groups excluding carboxylic acids is 1. The van der Waals surface area contributed by atoms with Crippen molar-refractivity contribution in [2.45, 2.75) is 12.7 Å². The van der Waals surface area contributed by atoms with Gasteiger partial charge in [0.05, 0.1) is 11.4 Å². The van der Waals surface area contributed by atoms with E-state index in [1.165, 1.54) is 16.9 Å². The number of rotatable bonds is 3. The van der Waals surface area contributed by atoms with Crippen molar-refractivity contribution in [3.63, 3.8) is 0 Å². The number of thioether (sulfide) groups is 1. The lowest BCUT2D eigenvalue weighted by molar-refractivity contribution is 0.102. The van der Waals surface area contributed by atoms with E-state index in [2.05, 4.69) is 10.3 Å². The predicted molar refractivity (Wildman–Crippen MR) is 73.2 cm³/mol. The molecule has 0 amide bonds. The second-order valence-electron chi connectivity index (χ2n) is 3.28. The second-order valence-corrected chi connectivity index (χ2v) is 5.15. The third-order valence-corrected chi connectivity index (χ3v) is 4.12. The molecule has 2 rings (SSSR count). The largest absolute Gasteiger partial charge is 0.363 e. The monoisotopic (exact) mass is 276 g/mol. The highest BCUT2D eigenvalue weighted by molar-refractivity contribution is 8.13. The summed E-state index contributed by atoms with van der Waals surface area (Å²) in [5, 5.41) is 6.27. The third kappa shape index (κ3) is 3.50. The van der Waals surface area contributed by atoms with Gasteiger partial charge in [0.2, 0.25) is 0 Å². The molecule has 0 atom stereocenters. The number of hydrogen-bond acceptors (Lipinski definition) is 5. The summed E-state index contributed by atoms with van der Waals surface area (Å²) in [6.45, 7) is 3.43. The standard InChI is InChI=1S/C10H12N2OS2.ClH/c1-7(13)9-4-8(5-14-9)6-15-10-11-2-3-12-10;/h4-5H,2-3,6H2,1H3,(H,11,12);1H. The SMILES string of the molecule is CC(=O)c1cc(CSC2=NCCN2)cs1.Cl. The summed E-state index contributed by atoms with van der Waals surface area (Å²) in [7, 11) is 0. The lowest BCUT2D eigenvalue weighted by atomic mass is 10.3. The molecule has 0 fully saturated rings. The van der Waals surface area contributed by atoms with Crippen LogP contribution in [-0.2, 0) is 5.75 Å². The molecule has 0 saturated carbocycles. The number of thiophene rings is 1. The molecule has 0 saturated heterocycles. The number of amidine groups is 1.